The Morgan fingerprint density at radius 2 is 1.76 bits per heavy atom. The predicted octanol–water partition coefficient (Wildman–Crippen LogP) is 5.67. The van der Waals surface area contributed by atoms with E-state index in [1.165, 1.54) is 42.6 Å². The van der Waals surface area contributed by atoms with Crippen molar-refractivity contribution in [3.05, 3.63) is 29.8 Å². The molecule has 2 heteroatoms. The molecule has 0 aromatic heterocycles. The molecule has 2 rings (SSSR count). The molecule has 0 amide bonds. The van der Waals surface area contributed by atoms with E-state index in [4.69, 9.17) is 0 Å². The first kappa shape index (κ1) is 16.9. The van der Waals surface area contributed by atoms with Crippen LogP contribution >= 0.6 is 11.8 Å². The molecule has 1 aliphatic rings. The highest BCUT2D eigenvalue weighted by Gasteiger charge is 2.26. The van der Waals surface area contributed by atoms with Gasteiger partial charge in [0.25, 0.3) is 0 Å². The summed E-state index contributed by atoms with van der Waals surface area (Å²) in [6, 6.07) is 9.86. The summed E-state index contributed by atoms with van der Waals surface area (Å²) in [5.74, 6) is 2.89. The van der Waals surface area contributed by atoms with Gasteiger partial charge >= 0.3 is 0 Å². The lowest BCUT2D eigenvalue weighted by Gasteiger charge is -2.34. The third-order valence-corrected chi connectivity index (χ3v) is 5.59. The van der Waals surface area contributed by atoms with Gasteiger partial charge < -0.3 is 5.32 Å². The number of benzene rings is 1. The summed E-state index contributed by atoms with van der Waals surface area (Å²) in [6.07, 6.45) is 6.78. The van der Waals surface area contributed by atoms with Crippen LogP contribution in [0.15, 0.2) is 29.2 Å². The van der Waals surface area contributed by atoms with Gasteiger partial charge in [0.1, 0.15) is 0 Å². The summed E-state index contributed by atoms with van der Waals surface area (Å²) in [5, 5.41) is 3.81. The number of thioether (sulfide) groups is 1. The van der Waals surface area contributed by atoms with Gasteiger partial charge in [-0.25, -0.2) is 0 Å². The Labute approximate surface area is 135 Å². The third kappa shape index (κ3) is 5.03. The lowest BCUT2D eigenvalue weighted by molar-refractivity contribution is 0.231. The van der Waals surface area contributed by atoms with Crippen molar-refractivity contribution in [2.75, 3.05) is 12.3 Å². The molecule has 21 heavy (non-hydrogen) atoms. The zero-order valence-electron chi connectivity index (χ0n) is 13.9. The Hall–Kier alpha value is -0.470. The van der Waals surface area contributed by atoms with Crippen LogP contribution in [0.2, 0.25) is 0 Å². The van der Waals surface area contributed by atoms with Gasteiger partial charge in [-0.3, -0.25) is 0 Å². The predicted molar refractivity (Wildman–Crippen MR) is 95.0 cm³/mol. The molecule has 1 nitrogen and oxygen atoms in total. The molecule has 1 fully saturated rings. The first-order chi connectivity index (χ1) is 10.2. The van der Waals surface area contributed by atoms with Gasteiger partial charge in [-0.05, 0) is 61.1 Å². The van der Waals surface area contributed by atoms with E-state index in [-0.39, 0.29) is 0 Å². The second-order valence-corrected chi connectivity index (χ2v) is 7.79. The molecule has 1 aromatic carbocycles. The Morgan fingerprint density at radius 1 is 1.10 bits per heavy atom. The highest BCUT2D eigenvalue weighted by Crippen LogP contribution is 2.37. The lowest BCUT2D eigenvalue weighted by Crippen LogP contribution is -2.31. The minimum absolute atomic E-state index is 0.554. The maximum Gasteiger partial charge on any atom is 0.0348 e. The zero-order chi connectivity index (χ0) is 15.1. The van der Waals surface area contributed by atoms with Crippen LogP contribution in [0, 0.1) is 11.8 Å². The summed E-state index contributed by atoms with van der Waals surface area (Å²) in [6.45, 7) is 8.00. The molecule has 1 unspecified atom stereocenters. The van der Waals surface area contributed by atoms with Crippen molar-refractivity contribution in [2.24, 2.45) is 11.8 Å². The van der Waals surface area contributed by atoms with Crippen molar-refractivity contribution in [3.8, 4) is 0 Å². The van der Waals surface area contributed by atoms with Crippen LogP contribution in [0.3, 0.4) is 0 Å². The quantitative estimate of drug-likeness (QED) is 0.652. The molecule has 118 valence electrons. The van der Waals surface area contributed by atoms with E-state index in [9.17, 15) is 0 Å². The standard InChI is InChI=1S/C19H31NS/c1-4-14-20-19(16-8-6-15(3)7-9-16)17-10-12-18(13-11-17)21-5-2/h10-13,15-16,19-20H,4-9,14H2,1-3H3. The van der Waals surface area contributed by atoms with Gasteiger partial charge in [0, 0.05) is 10.9 Å². The van der Waals surface area contributed by atoms with Crippen LogP contribution < -0.4 is 5.32 Å². The third-order valence-electron chi connectivity index (χ3n) is 4.70. The first-order valence-electron chi connectivity index (χ1n) is 8.70. The van der Waals surface area contributed by atoms with Crippen molar-refractivity contribution in [3.63, 3.8) is 0 Å². The molecule has 1 saturated carbocycles. The van der Waals surface area contributed by atoms with Crippen molar-refractivity contribution < 1.29 is 0 Å². The van der Waals surface area contributed by atoms with Crippen LogP contribution in [0.4, 0.5) is 0 Å². The highest BCUT2D eigenvalue weighted by molar-refractivity contribution is 7.99. The molecule has 0 aliphatic heterocycles. The summed E-state index contributed by atoms with van der Waals surface area (Å²) < 4.78 is 0. The largest absolute Gasteiger partial charge is 0.310 e. The Kier molecular flexibility index (Phi) is 7.12. The van der Waals surface area contributed by atoms with Crippen LogP contribution in [-0.2, 0) is 0 Å². The van der Waals surface area contributed by atoms with Crippen molar-refractivity contribution in [2.45, 2.75) is 63.8 Å². The number of hydrogen-bond acceptors (Lipinski definition) is 2. The number of nitrogens with one attached hydrogen (secondary N) is 1. The van der Waals surface area contributed by atoms with E-state index in [0.29, 0.717) is 6.04 Å². The highest BCUT2D eigenvalue weighted by atomic mass is 32.2. The van der Waals surface area contributed by atoms with Gasteiger partial charge in [-0.15, -0.1) is 11.8 Å². The minimum Gasteiger partial charge on any atom is -0.310 e. The van der Waals surface area contributed by atoms with Crippen LogP contribution in [0.5, 0.6) is 0 Å². The van der Waals surface area contributed by atoms with Crippen molar-refractivity contribution in [1.29, 1.82) is 0 Å². The van der Waals surface area contributed by atoms with E-state index < -0.39 is 0 Å². The Morgan fingerprint density at radius 3 is 2.33 bits per heavy atom. The Balaban J connectivity index is 2.07. The normalized spacial score (nSPS) is 24.0. The summed E-state index contributed by atoms with van der Waals surface area (Å²) in [7, 11) is 0. The van der Waals surface area contributed by atoms with Crippen molar-refractivity contribution in [1.82, 2.24) is 5.32 Å². The molecule has 1 aliphatic carbocycles. The maximum absolute atomic E-state index is 3.81. The monoisotopic (exact) mass is 305 g/mol. The van der Waals surface area contributed by atoms with Gasteiger partial charge in [-0.2, -0.15) is 0 Å². The van der Waals surface area contributed by atoms with Gasteiger partial charge in [0.2, 0.25) is 0 Å². The molecule has 0 radical (unpaired) electrons. The summed E-state index contributed by atoms with van der Waals surface area (Å²) in [5.41, 5.74) is 1.49. The van der Waals surface area contributed by atoms with Crippen LogP contribution in [0.1, 0.15) is 64.5 Å². The molecular formula is C19H31NS. The van der Waals surface area contributed by atoms with Crippen LogP contribution in [0.25, 0.3) is 0 Å². The molecule has 1 aromatic rings. The second-order valence-electron chi connectivity index (χ2n) is 6.45. The smallest absolute Gasteiger partial charge is 0.0348 e. The fraction of sp³-hybridized carbons (Fsp3) is 0.684. The molecule has 0 bridgehead atoms. The molecule has 1 N–H and O–H groups in total. The SMILES string of the molecule is CCCNC(c1ccc(SCC)cc1)C1CCC(C)CC1. The van der Waals surface area contributed by atoms with E-state index in [0.717, 1.165) is 24.1 Å². The zero-order valence-corrected chi connectivity index (χ0v) is 14.7. The fourth-order valence-electron chi connectivity index (χ4n) is 3.41. The van der Waals surface area contributed by atoms with E-state index in [1.54, 1.807) is 0 Å². The summed E-state index contributed by atoms with van der Waals surface area (Å²) in [4.78, 5) is 1.40. The second kappa shape index (κ2) is 8.85. The van der Waals surface area contributed by atoms with E-state index in [2.05, 4.69) is 50.4 Å². The Bertz CT molecular complexity index is 393. The molecular weight excluding hydrogens is 274 g/mol. The van der Waals surface area contributed by atoms with Gasteiger partial charge in [-0.1, -0.05) is 45.7 Å². The lowest BCUT2D eigenvalue weighted by atomic mass is 9.77. The topological polar surface area (TPSA) is 12.0 Å². The molecule has 0 heterocycles. The molecule has 1 atom stereocenters. The molecule has 0 spiro atoms. The number of hydrogen-bond donors (Lipinski definition) is 1. The first-order valence-corrected chi connectivity index (χ1v) is 9.69. The molecule has 0 saturated heterocycles. The van der Waals surface area contributed by atoms with E-state index in [1.807, 2.05) is 11.8 Å². The maximum atomic E-state index is 3.81. The van der Waals surface area contributed by atoms with Gasteiger partial charge in [0.15, 0.2) is 0 Å². The van der Waals surface area contributed by atoms with Crippen LogP contribution in [-0.4, -0.2) is 12.3 Å². The average molecular weight is 306 g/mol. The fourth-order valence-corrected chi connectivity index (χ4v) is 4.08. The minimum atomic E-state index is 0.554. The summed E-state index contributed by atoms with van der Waals surface area (Å²) >= 11 is 1.93. The van der Waals surface area contributed by atoms with E-state index >= 15 is 0 Å². The van der Waals surface area contributed by atoms with Crippen molar-refractivity contribution >= 4 is 11.8 Å². The average Bonchev–Trinajstić information content (AvgIpc) is 2.51. The van der Waals surface area contributed by atoms with Gasteiger partial charge in [0.05, 0.1) is 0 Å². The number of rotatable bonds is 7.